The number of ether oxygens (including phenoxy) is 1. The second kappa shape index (κ2) is 6.27. The average Bonchev–Trinajstić information content (AvgIpc) is 2.81. The first-order valence-electron chi connectivity index (χ1n) is 7.14. The summed E-state index contributed by atoms with van der Waals surface area (Å²) in [6, 6.07) is 5.76. The first-order chi connectivity index (χ1) is 9.54. The third-order valence-corrected chi connectivity index (χ3v) is 4.30. The van der Waals surface area contributed by atoms with Crippen LogP contribution in [0.5, 0.6) is 5.75 Å². The molecule has 1 fully saturated rings. The van der Waals surface area contributed by atoms with E-state index in [1.807, 2.05) is 32.0 Å². The van der Waals surface area contributed by atoms with E-state index in [0.717, 1.165) is 23.3 Å². The van der Waals surface area contributed by atoms with Crippen LogP contribution in [0.2, 0.25) is 0 Å². The van der Waals surface area contributed by atoms with Crippen molar-refractivity contribution in [2.24, 2.45) is 5.92 Å². The molecule has 1 aliphatic rings. The van der Waals surface area contributed by atoms with E-state index in [-0.39, 0.29) is 25.2 Å². The molecular formula is C16H23NO3. The van der Waals surface area contributed by atoms with Crippen LogP contribution < -0.4 is 4.74 Å². The van der Waals surface area contributed by atoms with Crippen molar-refractivity contribution in [3.05, 3.63) is 29.3 Å². The molecule has 2 atom stereocenters. The third kappa shape index (κ3) is 2.96. The van der Waals surface area contributed by atoms with Gasteiger partial charge in [0.05, 0.1) is 12.6 Å². The Bertz CT molecular complexity index is 487. The third-order valence-electron chi connectivity index (χ3n) is 4.30. The van der Waals surface area contributed by atoms with Crippen molar-refractivity contribution >= 4 is 5.91 Å². The minimum Gasteiger partial charge on any atom is -0.483 e. The van der Waals surface area contributed by atoms with Crippen LogP contribution in [0, 0.1) is 19.8 Å². The van der Waals surface area contributed by atoms with E-state index in [1.165, 1.54) is 0 Å². The zero-order chi connectivity index (χ0) is 14.7. The van der Waals surface area contributed by atoms with E-state index < -0.39 is 0 Å². The maximum Gasteiger partial charge on any atom is 0.260 e. The molecule has 0 bridgehead atoms. The maximum absolute atomic E-state index is 12.2. The Hall–Kier alpha value is -1.55. The minimum atomic E-state index is -0.0651. The lowest BCUT2D eigenvalue weighted by molar-refractivity contribution is -0.135. The van der Waals surface area contributed by atoms with Crippen molar-refractivity contribution in [1.82, 2.24) is 4.90 Å². The number of rotatable bonds is 4. The number of aliphatic hydroxyl groups excluding tert-OH is 1. The van der Waals surface area contributed by atoms with Crippen LogP contribution in [0.4, 0.5) is 0 Å². The van der Waals surface area contributed by atoms with E-state index in [1.54, 1.807) is 4.90 Å². The highest BCUT2D eigenvalue weighted by Crippen LogP contribution is 2.24. The predicted molar refractivity (Wildman–Crippen MR) is 77.8 cm³/mol. The fraction of sp³-hybridized carbons (Fsp3) is 0.562. The van der Waals surface area contributed by atoms with Gasteiger partial charge in [0.15, 0.2) is 6.61 Å². The fourth-order valence-electron chi connectivity index (χ4n) is 2.70. The van der Waals surface area contributed by atoms with Gasteiger partial charge in [-0.15, -0.1) is 0 Å². The molecule has 110 valence electrons. The van der Waals surface area contributed by atoms with Crippen LogP contribution in [0.25, 0.3) is 0 Å². The van der Waals surface area contributed by atoms with Crippen molar-refractivity contribution in [2.45, 2.75) is 33.2 Å². The number of carbonyl (C=O) groups excluding carboxylic acids is 1. The second-order valence-electron chi connectivity index (χ2n) is 5.59. The summed E-state index contributed by atoms with van der Waals surface area (Å²) in [6.45, 7) is 6.85. The van der Waals surface area contributed by atoms with Gasteiger partial charge in [0, 0.05) is 6.54 Å². The highest BCUT2D eigenvalue weighted by Gasteiger charge is 2.33. The highest BCUT2D eigenvalue weighted by molar-refractivity contribution is 5.78. The lowest BCUT2D eigenvalue weighted by Gasteiger charge is -2.25. The van der Waals surface area contributed by atoms with Crippen molar-refractivity contribution in [3.8, 4) is 5.75 Å². The minimum absolute atomic E-state index is 0.0242. The van der Waals surface area contributed by atoms with Gasteiger partial charge in [-0.3, -0.25) is 4.79 Å². The van der Waals surface area contributed by atoms with Crippen molar-refractivity contribution in [2.75, 3.05) is 19.8 Å². The quantitative estimate of drug-likeness (QED) is 0.914. The predicted octanol–water partition coefficient (Wildman–Crippen LogP) is 1.91. The molecule has 1 amide bonds. The van der Waals surface area contributed by atoms with Gasteiger partial charge < -0.3 is 14.7 Å². The number of likely N-dealkylation sites (tertiary alicyclic amines) is 1. The maximum atomic E-state index is 12.2. The number of nitrogens with zero attached hydrogens (tertiary/aromatic N) is 1. The summed E-state index contributed by atoms with van der Waals surface area (Å²) in [7, 11) is 0. The van der Waals surface area contributed by atoms with E-state index in [2.05, 4.69) is 6.92 Å². The molecule has 2 rings (SSSR count). The monoisotopic (exact) mass is 277 g/mol. The molecule has 2 unspecified atom stereocenters. The van der Waals surface area contributed by atoms with Crippen molar-refractivity contribution < 1.29 is 14.6 Å². The van der Waals surface area contributed by atoms with Gasteiger partial charge in [-0.25, -0.2) is 0 Å². The molecule has 0 saturated carbocycles. The standard InChI is InChI=1S/C16H23NO3/c1-11-5-4-6-15(13(11)3)20-10-16(19)17-8-7-12(2)14(17)9-18/h4-6,12,14,18H,7-10H2,1-3H3. The lowest BCUT2D eigenvalue weighted by atomic mass is 10.0. The number of hydrogen-bond donors (Lipinski definition) is 1. The summed E-state index contributed by atoms with van der Waals surface area (Å²) in [6.07, 6.45) is 0.945. The highest BCUT2D eigenvalue weighted by atomic mass is 16.5. The SMILES string of the molecule is Cc1cccc(OCC(=O)N2CCC(C)C2CO)c1C. The molecule has 1 saturated heterocycles. The summed E-state index contributed by atoms with van der Waals surface area (Å²) in [5.74, 6) is 1.06. The van der Waals surface area contributed by atoms with Crippen molar-refractivity contribution in [1.29, 1.82) is 0 Å². The zero-order valence-electron chi connectivity index (χ0n) is 12.4. The summed E-state index contributed by atoms with van der Waals surface area (Å²) in [5, 5.41) is 9.39. The number of carbonyl (C=O) groups is 1. The Kier molecular flexibility index (Phi) is 4.65. The first-order valence-corrected chi connectivity index (χ1v) is 7.14. The van der Waals surface area contributed by atoms with Gasteiger partial charge in [-0.1, -0.05) is 19.1 Å². The smallest absolute Gasteiger partial charge is 0.260 e. The molecular weight excluding hydrogens is 254 g/mol. The first kappa shape index (κ1) is 14.9. The molecule has 1 N–H and O–H groups in total. The second-order valence-corrected chi connectivity index (χ2v) is 5.59. The molecule has 1 aromatic rings. The van der Waals surface area contributed by atoms with E-state index >= 15 is 0 Å². The number of benzene rings is 1. The Labute approximate surface area is 120 Å². The molecule has 1 aromatic carbocycles. The van der Waals surface area contributed by atoms with Gasteiger partial charge in [0.2, 0.25) is 0 Å². The Morgan fingerprint density at radius 1 is 1.45 bits per heavy atom. The lowest BCUT2D eigenvalue weighted by Crippen LogP contribution is -2.42. The number of aliphatic hydroxyl groups is 1. The average molecular weight is 277 g/mol. The number of amides is 1. The summed E-state index contributed by atoms with van der Waals surface area (Å²) < 4.78 is 5.65. The molecule has 1 aliphatic heterocycles. The summed E-state index contributed by atoms with van der Waals surface area (Å²) in [5.41, 5.74) is 2.21. The van der Waals surface area contributed by atoms with Crippen LogP contribution in [-0.2, 0) is 4.79 Å². The molecule has 0 radical (unpaired) electrons. The molecule has 0 spiro atoms. The van der Waals surface area contributed by atoms with Crippen LogP contribution >= 0.6 is 0 Å². The van der Waals surface area contributed by atoms with Gasteiger partial charge in [0.1, 0.15) is 5.75 Å². The number of hydrogen-bond acceptors (Lipinski definition) is 3. The van der Waals surface area contributed by atoms with Gasteiger partial charge in [-0.05, 0) is 43.4 Å². The van der Waals surface area contributed by atoms with Crippen LogP contribution in [-0.4, -0.2) is 41.7 Å². The molecule has 4 heteroatoms. The largest absolute Gasteiger partial charge is 0.483 e. The van der Waals surface area contributed by atoms with E-state index in [0.29, 0.717) is 12.5 Å². The molecule has 1 heterocycles. The van der Waals surface area contributed by atoms with Crippen molar-refractivity contribution in [3.63, 3.8) is 0 Å². The normalized spacial score (nSPS) is 22.1. The number of aryl methyl sites for hydroxylation is 1. The molecule has 4 nitrogen and oxygen atoms in total. The van der Waals surface area contributed by atoms with Crippen LogP contribution in [0.1, 0.15) is 24.5 Å². The van der Waals surface area contributed by atoms with Gasteiger partial charge in [0.25, 0.3) is 5.91 Å². The van der Waals surface area contributed by atoms with Gasteiger partial charge in [-0.2, -0.15) is 0 Å². The topological polar surface area (TPSA) is 49.8 Å². The molecule has 20 heavy (non-hydrogen) atoms. The van der Waals surface area contributed by atoms with E-state index in [4.69, 9.17) is 4.74 Å². The molecule has 0 aliphatic carbocycles. The Balaban J connectivity index is 1.97. The zero-order valence-corrected chi connectivity index (χ0v) is 12.4. The van der Waals surface area contributed by atoms with Gasteiger partial charge >= 0.3 is 0 Å². The van der Waals surface area contributed by atoms with E-state index in [9.17, 15) is 9.90 Å². The van der Waals surface area contributed by atoms with Crippen LogP contribution in [0.15, 0.2) is 18.2 Å². The Morgan fingerprint density at radius 2 is 2.20 bits per heavy atom. The Morgan fingerprint density at radius 3 is 2.90 bits per heavy atom. The van der Waals surface area contributed by atoms with Crippen LogP contribution in [0.3, 0.4) is 0 Å². The summed E-state index contributed by atoms with van der Waals surface area (Å²) >= 11 is 0. The fourth-order valence-corrected chi connectivity index (χ4v) is 2.70. The molecule has 0 aromatic heterocycles. The summed E-state index contributed by atoms with van der Waals surface area (Å²) in [4.78, 5) is 14.0.